The second-order valence-corrected chi connectivity index (χ2v) is 7.39. The Bertz CT molecular complexity index is 900. The predicted molar refractivity (Wildman–Crippen MR) is 106 cm³/mol. The van der Waals surface area contributed by atoms with Gasteiger partial charge in [0.15, 0.2) is 5.78 Å². The molecule has 0 amide bonds. The van der Waals surface area contributed by atoms with Crippen LogP contribution in [0.2, 0.25) is 5.02 Å². The average molecular weight is 385 g/mol. The Labute approximate surface area is 163 Å². The molecular weight excluding hydrogens is 364 g/mol. The molecule has 6 heteroatoms. The standard InChI is InChI=1S/C21H21ClN2O3/c1-14(26)20-21(10-5-11-25,15-6-3-2-4-7-15)19-13-27-18-9-8-16(22)12-17(18)24(19)23-20/h2-4,6-9,12,19,25H,5,10-11,13H2,1H3. The number of hydrogen-bond acceptors (Lipinski definition) is 5. The van der Waals surface area contributed by atoms with E-state index >= 15 is 0 Å². The molecular formula is C21H21ClN2O3. The number of fused-ring (bicyclic) bond motifs is 3. The van der Waals surface area contributed by atoms with Crippen molar-refractivity contribution >= 4 is 28.8 Å². The summed E-state index contributed by atoms with van der Waals surface area (Å²) in [6.07, 6.45) is 1.17. The summed E-state index contributed by atoms with van der Waals surface area (Å²) in [5.41, 5.74) is 1.63. The van der Waals surface area contributed by atoms with Gasteiger partial charge in [-0.1, -0.05) is 41.9 Å². The molecule has 0 saturated carbocycles. The van der Waals surface area contributed by atoms with Gasteiger partial charge in [0.2, 0.25) is 0 Å². The van der Waals surface area contributed by atoms with Gasteiger partial charge in [0.05, 0.1) is 5.41 Å². The van der Waals surface area contributed by atoms with E-state index in [0.717, 1.165) is 11.3 Å². The maximum Gasteiger partial charge on any atom is 0.176 e. The molecule has 4 rings (SSSR count). The lowest BCUT2D eigenvalue weighted by molar-refractivity contribution is -0.111. The van der Waals surface area contributed by atoms with Gasteiger partial charge in [0.25, 0.3) is 0 Å². The smallest absolute Gasteiger partial charge is 0.176 e. The van der Waals surface area contributed by atoms with Crippen LogP contribution in [0.25, 0.3) is 0 Å². The molecule has 0 spiro atoms. The maximum absolute atomic E-state index is 12.6. The van der Waals surface area contributed by atoms with Crippen LogP contribution in [0, 0.1) is 0 Å². The predicted octanol–water partition coefficient (Wildman–Crippen LogP) is 3.58. The topological polar surface area (TPSA) is 62.1 Å². The number of benzene rings is 2. The molecule has 2 atom stereocenters. The minimum atomic E-state index is -0.643. The highest BCUT2D eigenvalue weighted by Gasteiger charge is 2.55. The Balaban J connectivity index is 1.91. The summed E-state index contributed by atoms with van der Waals surface area (Å²) in [5, 5.41) is 16.7. The lowest BCUT2D eigenvalue weighted by Gasteiger charge is -2.41. The monoisotopic (exact) mass is 384 g/mol. The van der Waals surface area contributed by atoms with E-state index in [1.165, 1.54) is 0 Å². The van der Waals surface area contributed by atoms with Crippen LogP contribution in [0.15, 0.2) is 53.6 Å². The van der Waals surface area contributed by atoms with E-state index in [1.807, 2.05) is 47.5 Å². The summed E-state index contributed by atoms with van der Waals surface area (Å²) in [6, 6.07) is 15.2. The summed E-state index contributed by atoms with van der Waals surface area (Å²) < 4.78 is 6.03. The first-order valence-corrected chi connectivity index (χ1v) is 9.43. The molecule has 2 aliphatic heterocycles. The molecule has 2 aromatic rings. The van der Waals surface area contributed by atoms with Gasteiger partial charge in [-0.3, -0.25) is 9.80 Å². The van der Waals surface area contributed by atoms with Crippen LogP contribution in [0.1, 0.15) is 25.3 Å². The van der Waals surface area contributed by atoms with Crippen LogP contribution >= 0.6 is 11.6 Å². The fraction of sp³-hybridized carbons (Fsp3) is 0.333. The molecule has 0 aromatic heterocycles. The number of aliphatic hydroxyl groups excluding tert-OH is 1. The molecule has 0 fully saturated rings. The number of hydrazone groups is 1. The lowest BCUT2D eigenvalue weighted by atomic mass is 9.67. The minimum Gasteiger partial charge on any atom is -0.489 e. The highest BCUT2D eigenvalue weighted by molar-refractivity contribution is 6.43. The molecule has 2 unspecified atom stereocenters. The Hall–Kier alpha value is -2.37. The van der Waals surface area contributed by atoms with Crippen molar-refractivity contribution in [1.82, 2.24) is 0 Å². The summed E-state index contributed by atoms with van der Waals surface area (Å²) in [5.74, 6) is 0.628. The molecule has 2 aromatic carbocycles. The number of aliphatic hydroxyl groups is 1. The number of ketones is 1. The van der Waals surface area contributed by atoms with E-state index in [2.05, 4.69) is 0 Å². The van der Waals surface area contributed by atoms with Gasteiger partial charge in [-0.2, -0.15) is 5.10 Å². The number of halogens is 1. The lowest BCUT2D eigenvalue weighted by Crippen LogP contribution is -2.53. The third-order valence-corrected chi connectivity index (χ3v) is 5.65. The number of hydrogen-bond donors (Lipinski definition) is 1. The van der Waals surface area contributed by atoms with Crippen molar-refractivity contribution in [3.8, 4) is 5.75 Å². The SMILES string of the molecule is CC(=O)C1=NN2c3cc(Cl)ccc3OCC2C1(CCCO)c1ccccc1. The van der Waals surface area contributed by atoms with Crippen molar-refractivity contribution < 1.29 is 14.6 Å². The molecule has 2 aliphatic rings. The highest BCUT2D eigenvalue weighted by atomic mass is 35.5. The van der Waals surface area contributed by atoms with E-state index in [-0.39, 0.29) is 18.4 Å². The number of anilines is 1. The maximum atomic E-state index is 12.6. The molecule has 0 radical (unpaired) electrons. The van der Waals surface area contributed by atoms with Crippen LogP contribution < -0.4 is 9.75 Å². The second kappa shape index (κ2) is 6.98. The first kappa shape index (κ1) is 18.0. The quantitative estimate of drug-likeness (QED) is 0.855. The summed E-state index contributed by atoms with van der Waals surface area (Å²) in [6.45, 7) is 2.00. The van der Waals surface area contributed by atoms with Crippen LogP contribution in [0.3, 0.4) is 0 Å². The molecule has 27 heavy (non-hydrogen) atoms. The number of ether oxygens (including phenoxy) is 1. The van der Waals surface area contributed by atoms with Crippen molar-refractivity contribution in [2.75, 3.05) is 18.2 Å². The Morgan fingerprint density at radius 1 is 1.33 bits per heavy atom. The van der Waals surface area contributed by atoms with Crippen LogP contribution in [0.5, 0.6) is 5.75 Å². The fourth-order valence-corrected chi connectivity index (χ4v) is 4.43. The zero-order valence-electron chi connectivity index (χ0n) is 15.1. The third-order valence-electron chi connectivity index (χ3n) is 5.41. The minimum absolute atomic E-state index is 0.0513. The number of carbonyl (C=O) groups excluding carboxylic acids is 1. The zero-order chi connectivity index (χ0) is 19.0. The molecule has 5 nitrogen and oxygen atoms in total. The summed E-state index contributed by atoms with van der Waals surface area (Å²) in [7, 11) is 0. The van der Waals surface area contributed by atoms with Gasteiger partial charge in [-0.25, -0.2) is 0 Å². The highest BCUT2D eigenvalue weighted by Crippen LogP contribution is 2.48. The normalized spacial score (nSPS) is 23.3. The van der Waals surface area contributed by atoms with E-state index in [9.17, 15) is 9.90 Å². The van der Waals surface area contributed by atoms with Gasteiger partial charge in [-0.15, -0.1) is 0 Å². The van der Waals surface area contributed by atoms with Gasteiger partial charge in [-0.05, 0) is 36.6 Å². The number of rotatable bonds is 5. The Morgan fingerprint density at radius 3 is 2.81 bits per heavy atom. The number of nitrogens with zero attached hydrogens (tertiary/aromatic N) is 2. The van der Waals surface area contributed by atoms with E-state index < -0.39 is 5.41 Å². The fourth-order valence-electron chi connectivity index (χ4n) is 4.26. The molecule has 0 bridgehead atoms. The zero-order valence-corrected chi connectivity index (χ0v) is 15.8. The van der Waals surface area contributed by atoms with Gasteiger partial charge < -0.3 is 9.84 Å². The van der Waals surface area contributed by atoms with E-state index in [0.29, 0.717) is 35.9 Å². The molecule has 0 aliphatic carbocycles. The van der Waals surface area contributed by atoms with Crippen molar-refractivity contribution in [3.63, 3.8) is 0 Å². The molecule has 1 N–H and O–H groups in total. The average Bonchev–Trinajstić information content (AvgIpc) is 3.03. The van der Waals surface area contributed by atoms with Crippen molar-refractivity contribution in [2.45, 2.75) is 31.2 Å². The number of Topliss-reactive ketones (excluding diaryl/α,β-unsaturated/α-hetero) is 1. The van der Waals surface area contributed by atoms with Crippen LogP contribution in [0.4, 0.5) is 5.69 Å². The van der Waals surface area contributed by atoms with Crippen LogP contribution in [-0.2, 0) is 10.2 Å². The third kappa shape index (κ3) is 2.82. The largest absolute Gasteiger partial charge is 0.489 e. The Morgan fingerprint density at radius 2 is 2.11 bits per heavy atom. The van der Waals surface area contributed by atoms with E-state index in [1.54, 1.807) is 13.0 Å². The van der Waals surface area contributed by atoms with E-state index in [4.69, 9.17) is 21.4 Å². The first-order chi connectivity index (χ1) is 13.1. The Kier molecular flexibility index (Phi) is 4.66. The molecule has 0 saturated heterocycles. The van der Waals surface area contributed by atoms with Gasteiger partial charge in [0, 0.05) is 18.6 Å². The van der Waals surface area contributed by atoms with Gasteiger partial charge in [0.1, 0.15) is 29.8 Å². The number of carbonyl (C=O) groups is 1. The first-order valence-electron chi connectivity index (χ1n) is 9.06. The van der Waals surface area contributed by atoms with Crippen molar-refractivity contribution in [2.24, 2.45) is 5.10 Å². The summed E-state index contributed by atoms with van der Waals surface area (Å²) >= 11 is 6.21. The molecule has 2 heterocycles. The molecule has 140 valence electrons. The second-order valence-electron chi connectivity index (χ2n) is 6.95. The van der Waals surface area contributed by atoms with Crippen molar-refractivity contribution in [1.29, 1.82) is 0 Å². The van der Waals surface area contributed by atoms with Crippen LogP contribution in [-0.4, -0.2) is 35.9 Å². The van der Waals surface area contributed by atoms with Crippen molar-refractivity contribution in [3.05, 3.63) is 59.1 Å². The summed E-state index contributed by atoms with van der Waals surface area (Å²) in [4.78, 5) is 12.6. The van der Waals surface area contributed by atoms with Gasteiger partial charge >= 0.3 is 0 Å².